The largest absolute Gasteiger partial charge is 0.459 e. The number of aryl methyl sites for hydroxylation is 1. The van der Waals surface area contributed by atoms with Crippen LogP contribution in [0, 0.1) is 12.7 Å². The van der Waals surface area contributed by atoms with Crippen molar-refractivity contribution in [3.63, 3.8) is 0 Å². The highest BCUT2D eigenvalue weighted by atomic mass is 19.1. The molecule has 0 spiro atoms. The fourth-order valence-corrected chi connectivity index (χ4v) is 1.51. The molecular weight excluding hydrogens is 261 g/mol. The Bertz CT molecular complexity index is 614. The SMILES string of the molecule is CC(=O)Nc1nc(OCc2ccc(C)cc2)ncc1F. The van der Waals surface area contributed by atoms with Crippen LogP contribution in [0.4, 0.5) is 10.2 Å². The van der Waals surface area contributed by atoms with Gasteiger partial charge in [0, 0.05) is 6.92 Å². The fraction of sp³-hybridized carbons (Fsp3) is 0.214. The summed E-state index contributed by atoms with van der Waals surface area (Å²) in [7, 11) is 0. The summed E-state index contributed by atoms with van der Waals surface area (Å²) in [4.78, 5) is 18.4. The van der Waals surface area contributed by atoms with E-state index in [9.17, 15) is 9.18 Å². The van der Waals surface area contributed by atoms with Gasteiger partial charge in [-0.25, -0.2) is 9.37 Å². The van der Waals surface area contributed by atoms with Crippen LogP contribution in [0.25, 0.3) is 0 Å². The number of aromatic nitrogens is 2. The Balaban J connectivity index is 2.06. The predicted octanol–water partition coefficient (Wildman–Crippen LogP) is 2.46. The van der Waals surface area contributed by atoms with Crippen LogP contribution in [-0.4, -0.2) is 15.9 Å². The van der Waals surface area contributed by atoms with Crippen LogP contribution in [0.5, 0.6) is 6.01 Å². The molecule has 5 nitrogen and oxygen atoms in total. The number of nitrogens with one attached hydrogen (secondary N) is 1. The van der Waals surface area contributed by atoms with Crippen LogP contribution in [0.3, 0.4) is 0 Å². The Morgan fingerprint density at radius 3 is 2.70 bits per heavy atom. The molecule has 0 bridgehead atoms. The van der Waals surface area contributed by atoms with Gasteiger partial charge in [0.05, 0.1) is 6.20 Å². The number of anilines is 1. The quantitative estimate of drug-likeness (QED) is 0.931. The molecule has 0 atom stereocenters. The number of carbonyl (C=O) groups excluding carboxylic acids is 1. The molecule has 1 amide bonds. The maximum Gasteiger partial charge on any atom is 0.318 e. The summed E-state index contributed by atoms with van der Waals surface area (Å²) < 4.78 is 18.7. The second-order valence-electron chi connectivity index (χ2n) is 4.30. The summed E-state index contributed by atoms with van der Waals surface area (Å²) in [5.41, 5.74) is 2.10. The summed E-state index contributed by atoms with van der Waals surface area (Å²) in [6, 6.07) is 7.79. The summed E-state index contributed by atoms with van der Waals surface area (Å²) >= 11 is 0. The van der Waals surface area contributed by atoms with Crippen LogP contribution < -0.4 is 10.1 Å². The molecule has 0 fully saturated rings. The van der Waals surface area contributed by atoms with Gasteiger partial charge < -0.3 is 10.1 Å². The highest BCUT2D eigenvalue weighted by Gasteiger charge is 2.09. The van der Waals surface area contributed by atoms with Gasteiger partial charge in [0.15, 0.2) is 11.6 Å². The van der Waals surface area contributed by atoms with Gasteiger partial charge in [0.25, 0.3) is 0 Å². The second kappa shape index (κ2) is 6.10. The van der Waals surface area contributed by atoms with Gasteiger partial charge in [0.1, 0.15) is 6.61 Å². The van der Waals surface area contributed by atoms with E-state index in [2.05, 4.69) is 15.3 Å². The number of rotatable bonds is 4. The minimum absolute atomic E-state index is 0.00993. The molecule has 20 heavy (non-hydrogen) atoms. The van der Waals surface area contributed by atoms with Crippen molar-refractivity contribution in [1.82, 2.24) is 9.97 Å². The van der Waals surface area contributed by atoms with Crippen LogP contribution in [0.15, 0.2) is 30.5 Å². The molecule has 0 aliphatic heterocycles. The number of nitrogens with zero attached hydrogens (tertiary/aromatic N) is 2. The first-order valence-electron chi connectivity index (χ1n) is 6.03. The summed E-state index contributed by atoms with van der Waals surface area (Å²) in [6.07, 6.45) is 0.961. The van der Waals surface area contributed by atoms with Gasteiger partial charge in [-0.1, -0.05) is 29.8 Å². The minimum Gasteiger partial charge on any atom is -0.459 e. The lowest BCUT2D eigenvalue weighted by Crippen LogP contribution is -2.11. The van der Waals surface area contributed by atoms with Crippen molar-refractivity contribution in [2.24, 2.45) is 0 Å². The van der Waals surface area contributed by atoms with Gasteiger partial charge in [-0.2, -0.15) is 4.98 Å². The van der Waals surface area contributed by atoms with Gasteiger partial charge in [-0.15, -0.1) is 0 Å². The van der Waals surface area contributed by atoms with E-state index in [0.717, 1.165) is 17.3 Å². The van der Waals surface area contributed by atoms with E-state index < -0.39 is 11.7 Å². The van der Waals surface area contributed by atoms with Crippen LogP contribution in [0.2, 0.25) is 0 Å². The number of halogens is 1. The Hall–Kier alpha value is -2.50. The second-order valence-corrected chi connectivity index (χ2v) is 4.30. The molecule has 104 valence electrons. The number of ether oxygens (including phenoxy) is 1. The van der Waals surface area contributed by atoms with E-state index >= 15 is 0 Å². The lowest BCUT2D eigenvalue weighted by molar-refractivity contribution is -0.114. The summed E-state index contributed by atoms with van der Waals surface area (Å²) in [5, 5.41) is 2.27. The van der Waals surface area contributed by atoms with Crippen LogP contribution >= 0.6 is 0 Å². The minimum atomic E-state index is -0.706. The van der Waals surface area contributed by atoms with Gasteiger partial charge in [-0.3, -0.25) is 4.79 Å². The number of amides is 1. The van der Waals surface area contributed by atoms with Crippen molar-refractivity contribution in [3.05, 3.63) is 47.4 Å². The van der Waals surface area contributed by atoms with E-state index in [-0.39, 0.29) is 18.4 Å². The first kappa shape index (κ1) is 13.9. The maximum absolute atomic E-state index is 13.3. The first-order chi connectivity index (χ1) is 9.54. The van der Waals surface area contributed by atoms with Crippen molar-refractivity contribution in [3.8, 4) is 6.01 Å². The van der Waals surface area contributed by atoms with E-state index in [1.165, 1.54) is 6.92 Å². The highest BCUT2D eigenvalue weighted by Crippen LogP contribution is 2.14. The Morgan fingerprint density at radius 1 is 1.35 bits per heavy atom. The standard InChI is InChI=1S/C14H14FN3O2/c1-9-3-5-11(6-4-9)8-20-14-16-7-12(15)13(18-14)17-10(2)19/h3-7H,8H2,1-2H3,(H,16,17,18,19). The van der Waals surface area contributed by atoms with E-state index in [4.69, 9.17) is 4.74 Å². The van der Waals surface area contributed by atoms with Gasteiger partial charge in [-0.05, 0) is 12.5 Å². The lowest BCUT2D eigenvalue weighted by atomic mass is 10.2. The molecule has 6 heteroatoms. The van der Waals surface area contributed by atoms with Crippen molar-refractivity contribution in [1.29, 1.82) is 0 Å². The molecule has 2 rings (SSSR count). The Kier molecular flexibility index (Phi) is 4.24. The number of hydrogen-bond acceptors (Lipinski definition) is 4. The molecule has 0 saturated carbocycles. The monoisotopic (exact) mass is 275 g/mol. The Morgan fingerprint density at radius 2 is 2.05 bits per heavy atom. The molecular formula is C14H14FN3O2. The topological polar surface area (TPSA) is 64.1 Å². The predicted molar refractivity (Wildman–Crippen MR) is 71.8 cm³/mol. The van der Waals surface area contributed by atoms with E-state index in [1.54, 1.807) is 0 Å². The van der Waals surface area contributed by atoms with Gasteiger partial charge >= 0.3 is 6.01 Å². The average molecular weight is 275 g/mol. The fourth-order valence-electron chi connectivity index (χ4n) is 1.51. The highest BCUT2D eigenvalue weighted by molar-refractivity contribution is 5.87. The third-order valence-electron chi connectivity index (χ3n) is 2.50. The number of carbonyl (C=O) groups is 1. The Labute approximate surface area is 115 Å². The van der Waals surface area contributed by atoms with Gasteiger partial charge in [0.2, 0.25) is 5.91 Å². The maximum atomic E-state index is 13.3. The van der Waals surface area contributed by atoms with Crippen LogP contribution in [-0.2, 0) is 11.4 Å². The molecule has 0 aliphatic carbocycles. The molecule has 0 unspecified atom stereocenters. The van der Waals surface area contributed by atoms with Crippen molar-refractivity contribution in [2.75, 3.05) is 5.32 Å². The van der Waals surface area contributed by atoms with E-state index in [1.807, 2.05) is 31.2 Å². The molecule has 0 radical (unpaired) electrons. The smallest absolute Gasteiger partial charge is 0.318 e. The first-order valence-corrected chi connectivity index (χ1v) is 6.03. The molecule has 1 aromatic heterocycles. The summed E-state index contributed by atoms with van der Waals surface area (Å²) in [6.45, 7) is 3.53. The zero-order valence-electron chi connectivity index (χ0n) is 11.2. The van der Waals surface area contributed by atoms with Crippen LogP contribution in [0.1, 0.15) is 18.1 Å². The molecule has 2 aromatic rings. The molecule has 0 saturated heterocycles. The third-order valence-corrected chi connectivity index (χ3v) is 2.50. The van der Waals surface area contributed by atoms with Crippen molar-refractivity contribution in [2.45, 2.75) is 20.5 Å². The molecule has 0 aliphatic rings. The average Bonchev–Trinajstić information content (AvgIpc) is 2.41. The van der Waals surface area contributed by atoms with E-state index in [0.29, 0.717) is 0 Å². The molecule has 1 N–H and O–H groups in total. The molecule has 1 aromatic carbocycles. The zero-order valence-corrected chi connectivity index (χ0v) is 11.2. The van der Waals surface area contributed by atoms with Crippen molar-refractivity contribution >= 4 is 11.7 Å². The normalized spacial score (nSPS) is 10.2. The van der Waals surface area contributed by atoms with Crippen molar-refractivity contribution < 1.29 is 13.9 Å². The molecule has 1 heterocycles. The third kappa shape index (κ3) is 3.74. The number of hydrogen-bond donors (Lipinski definition) is 1. The number of benzene rings is 1. The lowest BCUT2D eigenvalue weighted by Gasteiger charge is -2.07. The summed E-state index contributed by atoms with van der Waals surface area (Å²) in [5.74, 6) is -1.30. The zero-order chi connectivity index (χ0) is 14.5.